The number of aryl methyl sites for hydroxylation is 2. The third kappa shape index (κ3) is 1.07. The molecule has 1 unspecified atom stereocenters. The molecule has 0 spiro atoms. The van der Waals surface area contributed by atoms with Gasteiger partial charge in [0.05, 0.1) is 0 Å². The van der Waals surface area contributed by atoms with E-state index in [1.54, 1.807) is 0 Å². The summed E-state index contributed by atoms with van der Waals surface area (Å²) in [6.07, 6.45) is 5.96. The molecular formula is C10H16N2. The zero-order valence-electron chi connectivity index (χ0n) is 7.59. The highest BCUT2D eigenvalue weighted by Gasteiger charge is 2.21. The van der Waals surface area contributed by atoms with E-state index in [1.165, 1.54) is 30.5 Å². The van der Waals surface area contributed by atoms with Gasteiger partial charge in [-0.05, 0) is 30.9 Å². The van der Waals surface area contributed by atoms with Crippen molar-refractivity contribution in [2.45, 2.75) is 25.2 Å². The van der Waals surface area contributed by atoms with E-state index in [0.717, 1.165) is 6.54 Å². The van der Waals surface area contributed by atoms with Crippen LogP contribution in [-0.2, 0) is 13.5 Å². The Labute approximate surface area is 73.4 Å². The predicted molar refractivity (Wildman–Crippen MR) is 50.1 cm³/mol. The van der Waals surface area contributed by atoms with Gasteiger partial charge in [-0.1, -0.05) is 0 Å². The van der Waals surface area contributed by atoms with Crippen molar-refractivity contribution < 1.29 is 0 Å². The van der Waals surface area contributed by atoms with E-state index in [0.29, 0.717) is 5.92 Å². The minimum Gasteiger partial charge on any atom is -0.354 e. The lowest BCUT2D eigenvalue weighted by Gasteiger charge is -2.22. The summed E-state index contributed by atoms with van der Waals surface area (Å²) in [6, 6.07) is 2.23. The highest BCUT2D eigenvalue weighted by atomic mass is 14.9. The van der Waals surface area contributed by atoms with Gasteiger partial charge in [0.25, 0.3) is 0 Å². The van der Waals surface area contributed by atoms with Gasteiger partial charge in [0.2, 0.25) is 0 Å². The molecule has 12 heavy (non-hydrogen) atoms. The van der Waals surface area contributed by atoms with Crippen LogP contribution < -0.4 is 5.73 Å². The van der Waals surface area contributed by atoms with Crippen LogP contribution in [0.4, 0.5) is 0 Å². The summed E-state index contributed by atoms with van der Waals surface area (Å²) in [4.78, 5) is 0. The Balaban J connectivity index is 2.41. The second-order valence-electron chi connectivity index (χ2n) is 3.66. The Morgan fingerprint density at radius 2 is 2.50 bits per heavy atom. The maximum absolute atomic E-state index is 5.73. The maximum Gasteiger partial charge on any atom is 0.0247 e. The van der Waals surface area contributed by atoms with Crippen molar-refractivity contribution in [1.82, 2.24) is 4.57 Å². The van der Waals surface area contributed by atoms with Gasteiger partial charge in [-0.15, -0.1) is 0 Å². The minimum absolute atomic E-state index is 0.605. The van der Waals surface area contributed by atoms with E-state index in [-0.39, 0.29) is 0 Å². The largest absolute Gasteiger partial charge is 0.354 e. The highest BCUT2D eigenvalue weighted by molar-refractivity contribution is 5.28. The summed E-state index contributed by atoms with van der Waals surface area (Å²) in [6.45, 7) is 0.796. The number of hydrogen-bond donors (Lipinski definition) is 1. The summed E-state index contributed by atoms with van der Waals surface area (Å²) >= 11 is 0. The molecule has 66 valence electrons. The quantitative estimate of drug-likeness (QED) is 0.668. The van der Waals surface area contributed by atoms with Gasteiger partial charge < -0.3 is 10.3 Å². The summed E-state index contributed by atoms with van der Waals surface area (Å²) in [5.74, 6) is 0.605. The van der Waals surface area contributed by atoms with Crippen LogP contribution in [0.1, 0.15) is 30.0 Å². The molecule has 0 fully saturated rings. The Morgan fingerprint density at radius 1 is 1.67 bits per heavy atom. The first-order chi connectivity index (χ1) is 5.83. The molecule has 0 amide bonds. The molecule has 1 aromatic rings. The molecule has 1 aromatic heterocycles. The molecule has 1 atom stereocenters. The maximum atomic E-state index is 5.73. The fourth-order valence-corrected chi connectivity index (χ4v) is 2.26. The van der Waals surface area contributed by atoms with E-state index in [4.69, 9.17) is 5.73 Å². The van der Waals surface area contributed by atoms with Crippen molar-refractivity contribution in [2.75, 3.05) is 6.54 Å². The van der Waals surface area contributed by atoms with Gasteiger partial charge in [-0.25, -0.2) is 0 Å². The number of nitrogens with two attached hydrogens (primary N) is 1. The van der Waals surface area contributed by atoms with Gasteiger partial charge in [0.1, 0.15) is 0 Å². The van der Waals surface area contributed by atoms with Crippen LogP contribution in [0.3, 0.4) is 0 Å². The van der Waals surface area contributed by atoms with Crippen LogP contribution in [0, 0.1) is 0 Å². The van der Waals surface area contributed by atoms with Crippen molar-refractivity contribution in [3.05, 3.63) is 23.5 Å². The van der Waals surface area contributed by atoms with Crippen molar-refractivity contribution >= 4 is 0 Å². The zero-order valence-corrected chi connectivity index (χ0v) is 7.59. The number of hydrogen-bond acceptors (Lipinski definition) is 1. The lowest BCUT2D eigenvalue weighted by molar-refractivity contribution is 0.531. The van der Waals surface area contributed by atoms with Crippen LogP contribution in [0.2, 0.25) is 0 Å². The number of rotatable bonds is 1. The molecule has 2 N–H and O–H groups in total. The minimum atomic E-state index is 0.605. The van der Waals surface area contributed by atoms with E-state index in [1.807, 2.05) is 0 Å². The van der Waals surface area contributed by atoms with Gasteiger partial charge in [0.15, 0.2) is 0 Å². The number of nitrogens with zero attached hydrogens (tertiary/aromatic N) is 1. The topological polar surface area (TPSA) is 30.9 Å². The first-order valence-electron chi connectivity index (χ1n) is 4.67. The second kappa shape index (κ2) is 2.94. The number of fused-ring (bicyclic) bond motifs is 1. The lowest BCUT2D eigenvalue weighted by atomic mass is 9.88. The van der Waals surface area contributed by atoms with Crippen LogP contribution >= 0.6 is 0 Å². The molecule has 2 nitrogen and oxygen atoms in total. The van der Waals surface area contributed by atoms with Gasteiger partial charge in [0, 0.05) is 31.4 Å². The van der Waals surface area contributed by atoms with Crippen LogP contribution in [0.25, 0.3) is 0 Å². The third-order valence-corrected chi connectivity index (χ3v) is 2.88. The predicted octanol–water partition coefficient (Wildman–Crippen LogP) is 1.40. The van der Waals surface area contributed by atoms with Crippen molar-refractivity contribution in [3.8, 4) is 0 Å². The first-order valence-corrected chi connectivity index (χ1v) is 4.67. The normalized spacial score (nSPS) is 22.3. The zero-order chi connectivity index (χ0) is 8.55. The summed E-state index contributed by atoms with van der Waals surface area (Å²) in [7, 11) is 2.12. The average molecular weight is 164 g/mol. The third-order valence-electron chi connectivity index (χ3n) is 2.88. The van der Waals surface area contributed by atoms with Gasteiger partial charge in [-0.3, -0.25) is 0 Å². The molecular weight excluding hydrogens is 148 g/mol. The molecule has 0 aliphatic heterocycles. The van der Waals surface area contributed by atoms with Crippen LogP contribution in [-0.4, -0.2) is 11.1 Å². The lowest BCUT2D eigenvalue weighted by Crippen LogP contribution is -2.19. The molecule has 0 saturated carbocycles. The van der Waals surface area contributed by atoms with Crippen LogP contribution in [0.15, 0.2) is 12.3 Å². The standard InChI is InChI=1S/C10H16N2/c1-12-6-5-8-3-2-4-9(7-11)10(8)12/h5-6,9H,2-4,7,11H2,1H3. The Hall–Kier alpha value is -0.760. The molecule has 1 aliphatic carbocycles. The van der Waals surface area contributed by atoms with Gasteiger partial charge in [-0.2, -0.15) is 0 Å². The van der Waals surface area contributed by atoms with Crippen molar-refractivity contribution in [2.24, 2.45) is 12.8 Å². The molecule has 2 heteroatoms. The van der Waals surface area contributed by atoms with Crippen molar-refractivity contribution in [1.29, 1.82) is 0 Å². The second-order valence-corrected chi connectivity index (χ2v) is 3.66. The Kier molecular flexibility index (Phi) is 1.93. The highest BCUT2D eigenvalue weighted by Crippen LogP contribution is 2.30. The van der Waals surface area contributed by atoms with E-state index in [9.17, 15) is 0 Å². The summed E-state index contributed by atoms with van der Waals surface area (Å²) < 4.78 is 2.23. The Bertz CT molecular complexity index is 275. The average Bonchev–Trinajstić information content (AvgIpc) is 2.48. The summed E-state index contributed by atoms with van der Waals surface area (Å²) in [5, 5.41) is 0. The first kappa shape index (κ1) is 7.87. The van der Waals surface area contributed by atoms with E-state index >= 15 is 0 Å². The van der Waals surface area contributed by atoms with Gasteiger partial charge >= 0.3 is 0 Å². The SMILES string of the molecule is Cn1ccc2c1C(CN)CCC2. The monoisotopic (exact) mass is 164 g/mol. The summed E-state index contributed by atoms with van der Waals surface area (Å²) in [5.41, 5.74) is 8.72. The smallest absolute Gasteiger partial charge is 0.0247 e. The molecule has 1 heterocycles. The Morgan fingerprint density at radius 3 is 3.25 bits per heavy atom. The molecule has 0 bridgehead atoms. The molecule has 0 saturated heterocycles. The fraction of sp³-hybridized carbons (Fsp3) is 0.600. The molecule has 2 rings (SSSR count). The van der Waals surface area contributed by atoms with Crippen molar-refractivity contribution in [3.63, 3.8) is 0 Å². The van der Waals surface area contributed by atoms with E-state index in [2.05, 4.69) is 23.9 Å². The molecule has 0 radical (unpaired) electrons. The molecule has 1 aliphatic rings. The van der Waals surface area contributed by atoms with E-state index < -0.39 is 0 Å². The number of aromatic nitrogens is 1. The fourth-order valence-electron chi connectivity index (χ4n) is 2.26. The molecule has 0 aromatic carbocycles. The van der Waals surface area contributed by atoms with Crippen LogP contribution in [0.5, 0.6) is 0 Å².